The predicted molar refractivity (Wildman–Crippen MR) is 70.5 cm³/mol. The highest BCUT2D eigenvalue weighted by atomic mass is 16.6. The van der Waals surface area contributed by atoms with Crippen molar-refractivity contribution in [2.45, 2.75) is 37.8 Å². The molecule has 104 valence electrons. The third-order valence-electron chi connectivity index (χ3n) is 3.39. The molecule has 2 N–H and O–H groups in total. The van der Waals surface area contributed by atoms with Gasteiger partial charge in [-0.3, -0.25) is 10.1 Å². The van der Waals surface area contributed by atoms with Crippen LogP contribution in [0.3, 0.4) is 0 Å². The van der Waals surface area contributed by atoms with Crippen LogP contribution in [0.1, 0.15) is 25.7 Å². The molecule has 0 spiro atoms. The fraction of sp³-hybridized carbons (Fsp3) is 0.538. The van der Waals surface area contributed by atoms with E-state index < -0.39 is 4.92 Å². The van der Waals surface area contributed by atoms with Crippen LogP contribution in [0.5, 0.6) is 11.5 Å². The molecule has 1 aliphatic carbocycles. The molecule has 6 heteroatoms. The summed E-state index contributed by atoms with van der Waals surface area (Å²) in [5.41, 5.74) is 5.90. The van der Waals surface area contributed by atoms with Gasteiger partial charge in [-0.2, -0.15) is 0 Å². The van der Waals surface area contributed by atoms with E-state index in [9.17, 15) is 10.1 Å². The first kappa shape index (κ1) is 13.6. The van der Waals surface area contributed by atoms with E-state index in [4.69, 9.17) is 15.2 Å². The second-order valence-corrected chi connectivity index (χ2v) is 4.70. The summed E-state index contributed by atoms with van der Waals surface area (Å²) in [6.45, 7) is 0. The van der Waals surface area contributed by atoms with Gasteiger partial charge in [0.2, 0.25) is 0 Å². The summed E-state index contributed by atoms with van der Waals surface area (Å²) in [5.74, 6) is 0.695. The maximum Gasteiger partial charge on any atom is 0.314 e. The molecule has 0 aliphatic heterocycles. The van der Waals surface area contributed by atoms with E-state index in [1.807, 2.05) is 0 Å². The monoisotopic (exact) mass is 266 g/mol. The number of nitrogens with two attached hydrogens (primary N) is 1. The molecule has 0 heterocycles. The summed E-state index contributed by atoms with van der Waals surface area (Å²) >= 11 is 0. The number of nitrogens with zero attached hydrogens (tertiary/aromatic N) is 1. The molecule has 1 aliphatic rings. The molecular weight excluding hydrogens is 248 g/mol. The van der Waals surface area contributed by atoms with Crippen LogP contribution in [0, 0.1) is 10.1 Å². The summed E-state index contributed by atoms with van der Waals surface area (Å²) in [4.78, 5) is 10.6. The smallest absolute Gasteiger partial charge is 0.314 e. The molecule has 2 rings (SSSR count). The van der Waals surface area contributed by atoms with Crippen molar-refractivity contribution in [3.05, 3.63) is 28.3 Å². The molecule has 0 aromatic heterocycles. The SMILES string of the molecule is COc1ccc(OC2CCCCC2N)c([N+](=O)[O-])c1. The van der Waals surface area contributed by atoms with Crippen LogP contribution in [0.2, 0.25) is 0 Å². The second-order valence-electron chi connectivity index (χ2n) is 4.70. The molecule has 1 aromatic rings. The van der Waals surface area contributed by atoms with Gasteiger partial charge in [-0.1, -0.05) is 6.42 Å². The maximum atomic E-state index is 11.1. The molecule has 1 saturated carbocycles. The van der Waals surface area contributed by atoms with Crippen molar-refractivity contribution in [3.8, 4) is 11.5 Å². The third-order valence-corrected chi connectivity index (χ3v) is 3.39. The first-order valence-electron chi connectivity index (χ1n) is 6.36. The van der Waals surface area contributed by atoms with Crippen LogP contribution in [0.4, 0.5) is 5.69 Å². The standard InChI is InChI=1S/C13H18N2O4/c1-18-9-6-7-13(11(8-9)15(16)17)19-12-5-3-2-4-10(12)14/h6-8,10,12H,2-5,14H2,1H3. The maximum absolute atomic E-state index is 11.1. The zero-order valence-corrected chi connectivity index (χ0v) is 10.9. The number of nitro groups is 1. The Hall–Kier alpha value is -1.82. The molecule has 1 aromatic carbocycles. The van der Waals surface area contributed by atoms with Crippen molar-refractivity contribution in [2.75, 3.05) is 7.11 Å². The normalized spacial score (nSPS) is 22.8. The Morgan fingerprint density at radius 3 is 2.74 bits per heavy atom. The number of hydrogen-bond acceptors (Lipinski definition) is 5. The molecule has 0 bridgehead atoms. The van der Waals surface area contributed by atoms with Gasteiger partial charge in [0.1, 0.15) is 11.9 Å². The highest BCUT2D eigenvalue weighted by Gasteiger charge is 2.26. The summed E-state index contributed by atoms with van der Waals surface area (Å²) < 4.78 is 10.7. The van der Waals surface area contributed by atoms with Crippen LogP contribution in [0.25, 0.3) is 0 Å². The first-order chi connectivity index (χ1) is 9.11. The second kappa shape index (κ2) is 5.88. The van der Waals surface area contributed by atoms with Gasteiger partial charge >= 0.3 is 5.69 Å². The van der Waals surface area contributed by atoms with Gasteiger partial charge in [0, 0.05) is 6.04 Å². The topological polar surface area (TPSA) is 87.6 Å². The molecule has 6 nitrogen and oxygen atoms in total. The lowest BCUT2D eigenvalue weighted by Crippen LogP contribution is -2.41. The quantitative estimate of drug-likeness (QED) is 0.667. The van der Waals surface area contributed by atoms with E-state index in [-0.39, 0.29) is 23.6 Å². The van der Waals surface area contributed by atoms with E-state index in [1.165, 1.54) is 13.2 Å². The number of ether oxygens (including phenoxy) is 2. The summed E-state index contributed by atoms with van der Waals surface area (Å²) in [6.07, 6.45) is 3.72. The number of rotatable bonds is 4. The van der Waals surface area contributed by atoms with E-state index >= 15 is 0 Å². The zero-order chi connectivity index (χ0) is 13.8. The molecule has 0 radical (unpaired) electrons. The molecule has 0 saturated heterocycles. The Morgan fingerprint density at radius 1 is 1.37 bits per heavy atom. The zero-order valence-electron chi connectivity index (χ0n) is 10.9. The number of nitro benzene ring substituents is 1. The van der Waals surface area contributed by atoms with E-state index in [0.29, 0.717) is 5.75 Å². The van der Waals surface area contributed by atoms with Gasteiger partial charge in [0.05, 0.1) is 18.1 Å². The molecule has 19 heavy (non-hydrogen) atoms. The average Bonchev–Trinajstić information content (AvgIpc) is 2.41. The van der Waals surface area contributed by atoms with E-state index in [2.05, 4.69) is 0 Å². The van der Waals surface area contributed by atoms with Crippen molar-refractivity contribution < 1.29 is 14.4 Å². The van der Waals surface area contributed by atoms with Crippen LogP contribution < -0.4 is 15.2 Å². The summed E-state index contributed by atoms with van der Waals surface area (Å²) in [6, 6.07) is 4.52. The van der Waals surface area contributed by atoms with Gasteiger partial charge in [-0.25, -0.2) is 0 Å². The van der Waals surface area contributed by atoms with Gasteiger partial charge in [-0.05, 0) is 31.4 Å². The van der Waals surface area contributed by atoms with Gasteiger partial charge < -0.3 is 15.2 Å². The van der Waals surface area contributed by atoms with Gasteiger partial charge in [0.25, 0.3) is 0 Å². The van der Waals surface area contributed by atoms with Crippen LogP contribution in [-0.2, 0) is 0 Å². The van der Waals surface area contributed by atoms with Crippen LogP contribution >= 0.6 is 0 Å². The van der Waals surface area contributed by atoms with E-state index in [1.54, 1.807) is 12.1 Å². The van der Waals surface area contributed by atoms with Crippen molar-refractivity contribution in [2.24, 2.45) is 5.73 Å². The minimum Gasteiger partial charge on any atom is -0.496 e. The summed E-state index contributed by atoms with van der Waals surface area (Å²) in [7, 11) is 1.47. The Bertz CT molecular complexity index is 464. The molecule has 2 atom stereocenters. The van der Waals surface area contributed by atoms with Crippen LogP contribution in [0.15, 0.2) is 18.2 Å². The van der Waals surface area contributed by atoms with Crippen molar-refractivity contribution in [1.29, 1.82) is 0 Å². The molecule has 1 fully saturated rings. The lowest BCUT2D eigenvalue weighted by atomic mass is 9.93. The molecular formula is C13H18N2O4. The Labute approximate surface area is 111 Å². The average molecular weight is 266 g/mol. The molecule has 2 unspecified atom stereocenters. The predicted octanol–water partition coefficient (Wildman–Crippen LogP) is 2.25. The summed E-state index contributed by atoms with van der Waals surface area (Å²) in [5, 5.41) is 11.1. The number of methoxy groups -OCH3 is 1. The van der Waals surface area contributed by atoms with Crippen LogP contribution in [-0.4, -0.2) is 24.2 Å². The van der Waals surface area contributed by atoms with Crippen molar-refractivity contribution >= 4 is 5.69 Å². The van der Waals surface area contributed by atoms with Crippen molar-refractivity contribution in [1.82, 2.24) is 0 Å². The molecule has 0 amide bonds. The van der Waals surface area contributed by atoms with Gasteiger partial charge in [0.15, 0.2) is 5.75 Å². The fourth-order valence-corrected chi connectivity index (χ4v) is 2.30. The lowest BCUT2D eigenvalue weighted by Gasteiger charge is -2.28. The minimum absolute atomic E-state index is 0.0598. The third kappa shape index (κ3) is 3.14. The number of hydrogen-bond donors (Lipinski definition) is 1. The first-order valence-corrected chi connectivity index (χ1v) is 6.36. The largest absolute Gasteiger partial charge is 0.496 e. The van der Waals surface area contributed by atoms with Crippen molar-refractivity contribution in [3.63, 3.8) is 0 Å². The fourth-order valence-electron chi connectivity index (χ4n) is 2.30. The van der Waals surface area contributed by atoms with E-state index in [0.717, 1.165) is 25.7 Å². The highest BCUT2D eigenvalue weighted by molar-refractivity contribution is 5.51. The number of benzene rings is 1. The Morgan fingerprint density at radius 2 is 2.11 bits per heavy atom. The minimum atomic E-state index is -0.466. The Balaban J connectivity index is 2.21. The lowest BCUT2D eigenvalue weighted by molar-refractivity contribution is -0.386. The van der Waals surface area contributed by atoms with Gasteiger partial charge in [-0.15, -0.1) is 0 Å². The Kier molecular flexibility index (Phi) is 4.21. The highest BCUT2D eigenvalue weighted by Crippen LogP contribution is 2.33.